The Hall–Kier alpha value is 0.270. The van der Waals surface area contributed by atoms with Crippen LogP contribution in [0.25, 0.3) is 0 Å². The molecule has 0 rings (SSSR count). The van der Waals surface area contributed by atoms with Crippen molar-refractivity contribution in [1.29, 1.82) is 0 Å². The molecule has 0 aromatic heterocycles. The normalized spacial score (nSPS) is 13.2. The highest BCUT2D eigenvalue weighted by atomic mass is 32.2. The predicted molar refractivity (Wildman–Crippen MR) is 84.4 cm³/mol. The van der Waals surface area contributed by atoms with Crippen LogP contribution in [0.2, 0.25) is 0 Å². The van der Waals surface area contributed by atoms with Gasteiger partial charge in [-0.15, -0.1) is 0 Å². The van der Waals surface area contributed by atoms with Gasteiger partial charge in [0, 0.05) is 5.75 Å². The first-order valence-electron chi connectivity index (χ1n) is 7.70. The average Bonchev–Trinajstić information content (AvgIpc) is 2.40. The van der Waals surface area contributed by atoms with Gasteiger partial charge in [0.2, 0.25) is 0 Å². The molecule has 1 atom stereocenters. The van der Waals surface area contributed by atoms with Gasteiger partial charge in [-0.05, 0) is 25.3 Å². The van der Waals surface area contributed by atoms with Crippen LogP contribution in [0.4, 0.5) is 0 Å². The molecule has 0 aromatic rings. The first-order chi connectivity index (χ1) is 8.78. The number of nitrogens with zero attached hydrogens (tertiary/aromatic N) is 1. The summed E-state index contributed by atoms with van der Waals surface area (Å²) in [5, 5.41) is 0. The number of unbranched alkanes of at least 4 members (excludes halogenated alkanes) is 3. The summed E-state index contributed by atoms with van der Waals surface area (Å²) in [5.74, 6) is 2.35. The molecule has 18 heavy (non-hydrogen) atoms. The molecular formula is C15H33NOS. The van der Waals surface area contributed by atoms with Crippen molar-refractivity contribution in [3.8, 4) is 0 Å². The van der Waals surface area contributed by atoms with E-state index in [4.69, 9.17) is 4.74 Å². The predicted octanol–water partition coefficient (Wildman–Crippen LogP) is 4.39. The SMILES string of the molecule is CCCCCCC(CSCC)OCN(CC)CC. The monoisotopic (exact) mass is 275 g/mol. The number of rotatable bonds is 13. The molecule has 0 aromatic carbocycles. The maximum absolute atomic E-state index is 6.07. The topological polar surface area (TPSA) is 12.5 Å². The summed E-state index contributed by atoms with van der Waals surface area (Å²) in [6.07, 6.45) is 7.04. The van der Waals surface area contributed by atoms with Crippen LogP contribution in [-0.2, 0) is 4.74 Å². The molecule has 3 heteroatoms. The highest BCUT2D eigenvalue weighted by Gasteiger charge is 2.10. The number of hydrogen-bond acceptors (Lipinski definition) is 3. The van der Waals surface area contributed by atoms with Crippen molar-refractivity contribution in [2.45, 2.75) is 65.9 Å². The third-order valence-corrected chi connectivity index (χ3v) is 4.29. The Morgan fingerprint density at radius 2 is 1.72 bits per heavy atom. The van der Waals surface area contributed by atoms with Crippen LogP contribution in [0.1, 0.15) is 59.8 Å². The van der Waals surface area contributed by atoms with Gasteiger partial charge in [0.15, 0.2) is 0 Å². The molecule has 0 saturated carbocycles. The molecule has 0 heterocycles. The fourth-order valence-corrected chi connectivity index (χ4v) is 2.64. The van der Waals surface area contributed by atoms with E-state index in [1.165, 1.54) is 37.9 Å². The fourth-order valence-electron chi connectivity index (χ4n) is 1.88. The highest BCUT2D eigenvalue weighted by molar-refractivity contribution is 7.99. The summed E-state index contributed by atoms with van der Waals surface area (Å²) in [6, 6.07) is 0. The van der Waals surface area contributed by atoms with E-state index in [-0.39, 0.29) is 0 Å². The Labute approximate surface area is 119 Å². The van der Waals surface area contributed by atoms with E-state index in [1.54, 1.807) is 0 Å². The van der Waals surface area contributed by atoms with E-state index in [0.717, 1.165) is 25.6 Å². The largest absolute Gasteiger partial charge is 0.362 e. The van der Waals surface area contributed by atoms with Gasteiger partial charge in [0.25, 0.3) is 0 Å². The zero-order valence-electron chi connectivity index (χ0n) is 12.9. The third-order valence-electron chi connectivity index (χ3n) is 3.27. The highest BCUT2D eigenvalue weighted by Crippen LogP contribution is 2.14. The van der Waals surface area contributed by atoms with Gasteiger partial charge in [0.1, 0.15) is 0 Å². The van der Waals surface area contributed by atoms with Gasteiger partial charge in [-0.2, -0.15) is 11.8 Å². The lowest BCUT2D eigenvalue weighted by molar-refractivity contribution is -0.0125. The average molecular weight is 276 g/mol. The smallest absolute Gasteiger partial charge is 0.0994 e. The molecule has 0 saturated heterocycles. The second kappa shape index (κ2) is 13.7. The molecule has 110 valence electrons. The van der Waals surface area contributed by atoms with Crippen molar-refractivity contribution in [3.05, 3.63) is 0 Å². The minimum atomic E-state index is 0.451. The molecule has 0 fully saturated rings. The molecule has 0 radical (unpaired) electrons. The van der Waals surface area contributed by atoms with E-state index in [9.17, 15) is 0 Å². The van der Waals surface area contributed by atoms with Gasteiger partial charge in [-0.25, -0.2) is 0 Å². The van der Waals surface area contributed by atoms with Crippen LogP contribution < -0.4 is 0 Å². The van der Waals surface area contributed by atoms with Crippen LogP contribution in [0.5, 0.6) is 0 Å². The number of hydrogen-bond donors (Lipinski definition) is 0. The van der Waals surface area contributed by atoms with Gasteiger partial charge in [-0.1, -0.05) is 53.4 Å². The summed E-state index contributed by atoms with van der Waals surface area (Å²) in [4.78, 5) is 2.34. The molecule has 0 amide bonds. The minimum absolute atomic E-state index is 0.451. The lowest BCUT2D eigenvalue weighted by atomic mass is 10.1. The Morgan fingerprint density at radius 1 is 1.00 bits per heavy atom. The molecule has 0 N–H and O–H groups in total. The van der Waals surface area contributed by atoms with Crippen LogP contribution >= 0.6 is 11.8 Å². The van der Waals surface area contributed by atoms with Gasteiger partial charge in [-0.3, -0.25) is 4.90 Å². The van der Waals surface area contributed by atoms with Crippen LogP contribution in [-0.4, -0.2) is 42.3 Å². The van der Waals surface area contributed by atoms with Gasteiger partial charge >= 0.3 is 0 Å². The standard InChI is InChI=1S/C15H33NOS/c1-5-9-10-11-12-15(13-18-8-4)17-14-16(6-2)7-3/h15H,5-14H2,1-4H3. The van der Waals surface area contributed by atoms with Gasteiger partial charge < -0.3 is 4.74 Å². The third kappa shape index (κ3) is 10.2. The number of ether oxygens (including phenoxy) is 1. The maximum atomic E-state index is 6.07. The molecule has 0 aliphatic heterocycles. The zero-order valence-corrected chi connectivity index (χ0v) is 13.7. The van der Waals surface area contributed by atoms with Crippen molar-refractivity contribution >= 4 is 11.8 Å². The molecule has 0 spiro atoms. The van der Waals surface area contributed by atoms with E-state index in [0.29, 0.717) is 6.10 Å². The summed E-state index contributed by atoms with van der Waals surface area (Å²) >= 11 is 2.00. The Morgan fingerprint density at radius 3 is 2.28 bits per heavy atom. The quantitative estimate of drug-likeness (QED) is 0.365. The Bertz CT molecular complexity index is 163. The summed E-state index contributed by atoms with van der Waals surface area (Å²) in [6.45, 7) is 11.9. The second-order valence-corrected chi connectivity index (χ2v) is 6.05. The fraction of sp³-hybridized carbons (Fsp3) is 1.00. The molecular weight excluding hydrogens is 242 g/mol. The Kier molecular flexibility index (Phi) is 13.9. The summed E-state index contributed by atoms with van der Waals surface area (Å²) in [5.41, 5.74) is 0. The van der Waals surface area contributed by atoms with Crippen molar-refractivity contribution in [3.63, 3.8) is 0 Å². The molecule has 2 nitrogen and oxygen atoms in total. The van der Waals surface area contributed by atoms with Crippen LogP contribution in [0.15, 0.2) is 0 Å². The lowest BCUT2D eigenvalue weighted by Gasteiger charge is -2.23. The summed E-state index contributed by atoms with van der Waals surface area (Å²) < 4.78 is 6.07. The van der Waals surface area contributed by atoms with Crippen molar-refractivity contribution in [2.75, 3.05) is 31.3 Å². The minimum Gasteiger partial charge on any atom is -0.362 e. The van der Waals surface area contributed by atoms with E-state index in [2.05, 4.69) is 32.6 Å². The van der Waals surface area contributed by atoms with Crippen molar-refractivity contribution in [1.82, 2.24) is 4.90 Å². The van der Waals surface area contributed by atoms with E-state index < -0.39 is 0 Å². The first kappa shape index (κ1) is 18.3. The number of thioether (sulfide) groups is 1. The molecule has 0 aliphatic rings. The molecule has 0 bridgehead atoms. The summed E-state index contributed by atoms with van der Waals surface area (Å²) in [7, 11) is 0. The van der Waals surface area contributed by atoms with E-state index in [1.807, 2.05) is 11.8 Å². The zero-order chi connectivity index (χ0) is 13.6. The maximum Gasteiger partial charge on any atom is 0.0994 e. The van der Waals surface area contributed by atoms with E-state index >= 15 is 0 Å². The van der Waals surface area contributed by atoms with Gasteiger partial charge in [0.05, 0.1) is 12.8 Å². The Balaban J connectivity index is 3.82. The molecule has 0 aliphatic carbocycles. The second-order valence-electron chi connectivity index (χ2n) is 4.73. The van der Waals surface area contributed by atoms with Crippen molar-refractivity contribution in [2.24, 2.45) is 0 Å². The van der Waals surface area contributed by atoms with Crippen LogP contribution in [0, 0.1) is 0 Å². The van der Waals surface area contributed by atoms with Crippen LogP contribution in [0.3, 0.4) is 0 Å². The van der Waals surface area contributed by atoms with Crippen molar-refractivity contribution < 1.29 is 4.74 Å². The lowest BCUT2D eigenvalue weighted by Crippen LogP contribution is -2.30. The first-order valence-corrected chi connectivity index (χ1v) is 8.85. The molecule has 1 unspecified atom stereocenters.